The number of carbonyl (C=O) groups is 2. The summed E-state index contributed by atoms with van der Waals surface area (Å²) in [4.78, 5) is 28.5. The number of hydrogen-bond acceptors (Lipinski definition) is 9. The summed E-state index contributed by atoms with van der Waals surface area (Å²) in [6.45, 7) is 4.76. The average Bonchev–Trinajstić information content (AvgIpc) is 3.58. The molecule has 1 aliphatic heterocycles. The number of hydrogen-bond donors (Lipinski definition) is 1. The summed E-state index contributed by atoms with van der Waals surface area (Å²) >= 11 is 8.94. The van der Waals surface area contributed by atoms with E-state index in [1.807, 2.05) is 30.3 Å². The maximum Gasteiger partial charge on any atom is 0.301 e. The van der Waals surface area contributed by atoms with Crippen LogP contribution >= 0.6 is 34.7 Å². The molecule has 43 heavy (non-hydrogen) atoms. The molecule has 0 radical (unpaired) electrons. The van der Waals surface area contributed by atoms with Crippen LogP contribution in [0.15, 0.2) is 82.7 Å². The number of nitrogens with zero attached hydrogens (tertiary/aromatic N) is 3. The molecule has 1 N–H and O–H groups in total. The number of aliphatic hydroxyl groups is 1. The predicted molar refractivity (Wildman–Crippen MR) is 170 cm³/mol. The van der Waals surface area contributed by atoms with E-state index in [1.165, 1.54) is 28.0 Å². The van der Waals surface area contributed by atoms with E-state index in [9.17, 15) is 14.7 Å². The first kappa shape index (κ1) is 30.6. The third-order valence-corrected chi connectivity index (χ3v) is 9.33. The quantitative estimate of drug-likeness (QED) is 0.0593. The van der Waals surface area contributed by atoms with Crippen molar-refractivity contribution in [3.8, 4) is 11.5 Å². The van der Waals surface area contributed by atoms with Crippen molar-refractivity contribution in [2.45, 2.75) is 36.4 Å². The number of Topliss-reactive ketones (excluding diaryl/α,β-unsaturated/α-hetero) is 1. The van der Waals surface area contributed by atoms with Crippen LogP contribution in [0.4, 0.5) is 5.13 Å². The minimum atomic E-state index is -0.954. The van der Waals surface area contributed by atoms with Gasteiger partial charge in [0.25, 0.3) is 5.78 Å². The number of ether oxygens (including phenoxy) is 2. The van der Waals surface area contributed by atoms with Crippen molar-refractivity contribution in [2.24, 2.45) is 5.92 Å². The second-order valence-electron chi connectivity index (χ2n) is 10.2. The lowest BCUT2D eigenvalue weighted by molar-refractivity contribution is -0.132. The molecule has 5 rings (SSSR count). The summed E-state index contributed by atoms with van der Waals surface area (Å²) in [6, 6.07) is 20.4. The molecule has 0 bridgehead atoms. The Morgan fingerprint density at radius 3 is 2.53 bits per heavy atom. The lowest BCUT2D eigenvalue weighted by atomic mass is 9.95. The average molecular weight is 636 g/mol. The zero-order valence-corrected chi connectivity index (χ0v) is 26.2. The van der Waals surface area contributed by atoms with Crippen molar-refractivity contribution in [1.29, 1.82) is 0 Å². The molecule has 2 heterocycles. The van der Waals surface area contributed by atoms with Crippen LogP contribution in [0.1, 0.15) is 43.0 Å². The number of methoxy groups -OCH3 is 1. The zero-order valence-electron chi connectivity index (χ0n) is 23.8. The van der Waals surface area contributed by atoms with Crippen LogP contribution in [0.2, 0.25) is 5.02 Å². The Kier molecular flexibility index (Phi) is 9.69. The number of benzene rings is 3. The van der Waals surface area contributed by atoms with Gasteiger partial charge in [-0.15, -0.1) is 10.2 Å². The smallest absolute Gasteiger partial charge is 0.301 e. The molecule has 222 valence electrons. The lowest BCUT2D eigenvalue weighted by Crippen LogP contribution is -2.29. The van der Waals surface area contributed by atoms with E-state index in [-0.39, 0.29) is 16.5 Å². The van der Waals surface area contributed by atoms with Gasteiger partial charge < -0.3 is 14.6 Å². The minimum absolute atomic E-state index is 0.0463. The van der Waals surface area contributed by atoms with Gasteiger partial charge in [-0.1, -0.05) is 78.9 Å². The van der Waals surface area contributed by atoms with Crippen molar-refractivity contribution in [3.05, 3.63) is 100 Å². The molecule has 4 aromatic rings. The zero-order chi connectivity index (χ0) is 30.5. The molecule has 3 aromatic carbocycles. The van der Waals surface area contributed by atoms with Gasteiger partial charge in [0.15, 0.2) is 4.34 Å². The van der Waals surface area contributed by atoms with Crippen molar-refractivity contribution < 1.29 is 24.2 Å². The monoisotopic (exact) mass is 635 g/mol. The van der Waals surface area contributed by atoms with Gasteiger partial charge in [-0.05, 0) is 65.9 Å². The van der Waals surface area contributed by atoms with E-state index in [0.29, 0.717) is 50.3 Å². The first-order valence-corrected chi connectivity index (χ1v) is 15.8. The minimum Gasteiger partial charge on any atom is -0.507 e. The van der Waals surface area contributed by atoms with Gasteiger partial charge in [0.2, 0.25) is 5.13 Å². The van der Waals surface area contributed by atoms with E-state index >= 15 is 0 Å². The highest BCUT2D eigenvalue weighted by atomic mass is 35.5. The summed E-state index contributed by atoms with van der Waals surface area (Å²) in [5.41, 5.74) is 1.87. The Bertz CT molecular complexity index is 1650. The normalized spacial score (nSPS) is 16.2. The van der Waals surface area contributed by atoms with Gasteiger partial charge in [-0.25, -0.2) is 0 Å². The van der Waals surface area contributed by atoms with Crippen molar-refractivity contribution in [3.63, 3.8) is 0 Å². The molecule has 1 aliphatic rings. The molecule has 1 atom stereocenters. The van der Waals surface area contributed by atoms with Crippen LogP contribution in [-0.2, 0) is 15.3 Å². The van der Waals surface area contributed by atoms with Crippen LogP contribution in [0.25, 0.3) is 5.76 Å². The topological polar surface area (TPSA) is 102 Å². The van der Waals surface area contributed by atoms with E-state index in [4.69, 9.17) is 21.1 Å². The van der Waals surface area contributed by atoms with Gasteiger partial charge >= 0.3 is 5.91 Å². The highest BCUT2D eigenvalue weighted by Crippen LogP contribution is 2.44. The van der Waals surface area contributed by atoms with E-state index < -0.39 is 17.7 Å². The highest BCUT2D eigenvalue weighted by molar-refractivity contribution is 8.00. The fourth-order valence-corrected chi connectivity index (χ4v) is 6.70. The summed E-state index contributed by atoms with van der Waals surface area (Å²) in [7, 11) is 1.54. The van der Waals surface area contributed by atoms with Crippen LogP contribution < -0.4 is 14.4 Å². The molecule has 1 aromatic heterocycles. The van der Waals surface area contributed by atoms with Gasteiger partial charge in [0.1, 0.15) is 17.3 Å². The van der Waals surface area contributed by atoms with Crippen LogP contribution in [-0.4, -0.2) is 40.7 Å². The van der Waals surface area contributed by atoms with Crippen LogP contribution in [0, 0.1) is 5.92 Å². The summed E-state index contributed by atoms with van der Waals surface area (Å²) in [5.74, 6) is 0.315. The number of thioether (sulfide) groups is 1. The predicted octanol–water partition coefficient (Wildman–Crippen LogP) is 7.54. The van der Waals surface area contributed by atoms with Gasteiger partial charge in [-0.3, -0.25) is 14.5 Å². The van der Waals surface area contributed by atoms with Crippen molar-refractivity contribution in [2.75, 3.05) is 18.6 Å². The Morgan fingerprint density at radius 1 is 1.05 bits per heavy atom. The maximum absolute atomic E-state index is 13.6. The van der Waals surface area contributed by atoms with E-state index in [1.54, 1.807) is 49.6 Å². The molecule has 0 spiro atoms. The largest absolute Gasteiger partial charge is 0.507 e. The number of halogens is 1. The number of ketones is 1. The molecular formula is C32H30ClN3O5S2. The number of amides is 1. The Morgan fingerprint density at radius 2 is 1.81 bits per heavy atom. The Hall–Kier alpha value is -3.86. The number of anilines is 1. The number of rotatable bonds is 11. The third kappa shape index (κ3) is 6.87. The van der Waals surface area contributed by atoms with E-state index in [0.717, 1.165) is 12.0 Å². The van der Waals surface area contributed by atoms with Crippen molar-refractivity contribution in [1.82, 2.24) is 10.2 Å². The lowest BCUT2D eigenvalue weighted by Gasteiger charge is -2.23. The highest BCUT2D eigenvalue weighted by Gasteiger charge is 2.48. The first-order chi connectivity index (χ1) is 20.8. The second-order valence-corrected chi connectivity index (χ2v) is 12.8. The van der Waals surface area contributed by atoms with Crippen LogP contribution in [0.5, 0.6) is 11.5 Å². The maximum atomic E-state index is 13.6. The van der Waals surface area contributed by atoms with Gasteiger partial charge in [0, 0.05) is 16.3 Å². The third-order valence-electron chi connectivity index (χ3n) is 6.86. The fourth-order valence-electron chi connectivity index (χ4n) is 4.55. The molecular weight excluding hydrogens is 606 g/mol. The molecule has 1 fully saturated rings. The molecule has 0 aliphatic carbocycles. The number of aromatic nitrogens is 2. The second kappa shape index (κ2) is 13.6. The van der Waals surface area contributed by atoms with Gasteiger partial charge in [-0.2, -0.15) is 0 Å². The molecule has 1 unspecified atom stereocenters. The molecule has 8 nitrogen and oxygen atoms in total. The molecule has 11 heteroatoms. The molecule has 0 saturated carbocycles. The SMILES string of the molecule is COc1ccc(/C(O)=C2\C(=O)C(=O)N(c3nnc(SCc4ccccc4Cl)s3)C2c2cccc(OCCC(C)C)c2)cc1. The summed E-state index contributed by atoms with van der Waals surface area (Å²) in [5, 5.41) is 20.9. The standard InChI is InChI=1S/C32H30ClN3O5S2/c1-19(2)15-16-41-24-9-6-8-21(17-24)27-26(28(37)20-11-13-23(40-3)14-12-20)29(38)30(39)36(27)31-34-35-32(43-31)42-18-22-7-4-5-10-25(22)33/h4-14,17,19,27,37H,15-16,18H2,1-3H3/b28-26+. The van der Waals surface area contributed by atoms with Gasteiger partial charge in [0.05, 0.1) is 25.3 Å². The Labute approximate surface area is 263 Å². The number of aliphatic hydroxyl groups excluding tert-OH is 1. The Balaban J connectivity index is 1.53. The van der Waals surface area contributed by atoms with Crippen molar-refractivity contribution >= 4 is 57.3 Å². The van der Waals surface area contributed by atoms with E-state index in [2.05, 4.69) is 24.0 Å². The summed E-state index contributed by atoms with van der Waals surface area (Å²) < 4.78 is 11.8. The summed E-state index contributed by atoms with van der Waals surface area (Å²) in [6.07, 6.45) is 0.875. The van der Waals surface area contributed by atoms with Crippen LogP contribution in [0.3, 0.4) is 0 Å². The molecule has 1 amide bonds. The fraction of sp³-hybridized carbons (Fsp3) is 0.250. The molecule has 1 saturated heterocycles. The number of carbonyl (C=O) groups excluding carboxylic acids is 2. The first-order valence-electron chi connectivity index (χ1n) is 13.6.